The van der Waals surface area contributed by atoms with Crippen LogP contribution in [0, 0.1) is 6.92 Å². The molecule has 0 aliphatic carbocycles. The maximum atomic E-state index is 11.9. The van der Waals surface area contributed by atoms with Crippen LogP contribution in [-0.2, 0) is 9.84 Å². The second-order valence-corrected chi connectivity index (χ2v) is 6.88. The van der Waals surface area contributed by atoms with Gasteiger partial charge in [-0.1, -0.05) is 18.2 Å². The van der Waals surface area contributed by atoms with Crippen LogP contribution in [0.2, 0.25) is 0 Å². The lowest BCUT2D eigenvalue weighted by molar-refractivity contribution is 0.341. The number of nitrogens with zero attached hydrogens (tertiary/aromatic N) is 1. The molecule has 0 atom stereocenters. The van der Waals surface area contributed by atoms with E-state index < -0.39 is 9.84 Å². The van der Waals surface area contributed by atoms with Crippen molar-refractivity contribution in [1.29, 1.82) is 0 Å². The molecule has 1 aromatic heterocycles. The van der Waals surface area contributed by atoms with Crippen molar-refractivity contribution in [3.63, 3.8) is 0 Å². The molecule has 96 valence electrons. The van der Waals surface area contributed by atoms with Crippen LogP contribution in [0.1, 0.15) is 5.69 Å². The van der Waals surface area contributed by atoms with Gasteiger partial charge in [0.1, 0.15) is 12.4 Å². The van der Waals surface area contributed by atoms with Gasteiger partial charge in [0.05, 0.1) is 5.75 Å². The molecule has 0 N–H and O–H groups in total. The van der Waals surface area contributed by atoms with Crippen LogP contribution in [0.3, 0.4) is 0 Å². The van der Waals surface area contributed by atoms with Crippen molar-refractivity contribution >= 4 is 21.2 Å². The summed E-state index contributed by atoms with van der Waals surface area (Å²) in [7, 11) is -3.33. The summed E-state index contributed by atoms with van der Waals surface area (Å²) in [5, 5.41) is 1.73. The fourth-order valence-corrected chi connectivity index (χ4v) is 3.61. The van der Waals surface area contributed by atoms with Gasteiger partial charge in [-0.2, -0.15) is 0 Å². The number of ether oxygens (including phenoxy) is 1. The van der Waals surface area contributed by atoms with Crippen molar-refractivity contribution in [3.8, 4) is 5.75 Å². The SMILES string of the molecule is Cc1csc(S(=O)(=O)CCOc2ccccc2)n1. The van der Waals surface area contributed by atoms with Gasteiger partial charge in [0, 0.05) is 11.1 Å². The molecule has 4 nitrogen and oxygen atoms in total. The summed E-state index contributed by atoms with van der Waals surface area (Å²) in [5.41, 5.74) is 0.725. The number of rotatable bonds is 5. The van der Waals surface area contributed by atoms with Crippen LogP contribution < -0.4 is 4.74 Å². The Kier molecular flexibility index (Phi) is 3.98. The third-order valence-electron chi connectivity index (χ3n) is 2.23. The van der Waals surface area contributed by atoms with Crippen LogP contribution in [0.15, 0.2) is 40.1 Å². The number of thiazole rings is 1. The molecule has 0 spiro atoms. The van der Waals surface area contributed by atoms with Crippen LogP contribution in [0.4, 0.5) is 0 Å². The zero-order chi connectivity index (χ0) is 13.0. The Hall–Kier alpha value is -1.40. The van der Waals surface area contributed by atoms with E-state index in [2.05, 4.69) is 4.98 Å². The normalized spacial score (nSPS) is 11.4. The first-order chi connectivity index (χ1) is 8.58. The number of aryl methyl sites for hydroxylation is 1. The fraction of sp³-hybridized carbons (Fsp3) is 0.250. The molecule has 0 saturated carbocycles. The molecule has 6 heteroatoms. The van der Waals surface area contributed by atoms with Crippen molar-refractivity contribution in [2.75, 3.05) is 12.4 Å². The van der Waals surface area contributed by atoms with E-state index in [4.69, 9.17) is 4.74 Å². The maximum absolute atomic E-state index is 11.9. The van der Waals surface area contributed by atoms with Gasteiger partial charge in [0.25, 0.3) is 0 Å². The fourth-order valence-electron chi connectivity index (χ4n) is 1.35. The average Bonchev–Trinajstić information content (AvgIpc) is 2.78. The Balaban J connectivity index is 1.94. The Bertz CT molecular complexity index is 605. The summed E-state index contributed by atoms with van der Waals surface area (Å²) in [6.45, 7) is 1.90. The van der Waals surface area contributed by atoms with Gasteiger partial charge in [-0.15, -0.1) is 11.3 Å². The van der Waals surface area contributed by atoms with E-state index in [0.717, 1.165) is 17.0 Å². The third kappa shape index (κ3) is 3.30. The molecule has 1 heterocycles. The molecule has 0 radical (unpaired) electrons. The number of aromatic nitrogens is 1. The van der Waals surface area contributed by atoms with Gasteiger partial charge in [-0.3, -0.25) is 0 Å². The van der Waals surface area contributed by atoms with Crippen LogP contribution in [-0.4, -0.2) is 25.8 Å². The Labute approximate surface area is 110 Å². The molecule has 0 unspecified atom stereocenters. The highest BCUT2D eigenvalue weighted by Crippen LogP contribution is 2.17. The number of sulfone groups is 1. The predicted molar refractivity (Wildman–Crippen MR) is 70.8 cm³/mol. The van der Waals surface area contributed by atoms with Gasteiger partial charge >= 0.3 is 0 Å². The lowest BCUT2D eigenvalue weighted by Gasteiger charge is -2.05. The number of hydrogen-bond acceptors (Lipinski definition) is 5. The van der Waals surface area contributed by atoms with Crippen molar-refractivity contribution < 1.29 is 13.2 Å². The minimum absolute atomic E-state index is 0.0607. The zero-order valence-corrected chi connectivity index (χ0v) is 11.5. The third-order valence-corrected chi connectivity index (χ3v) is 5.36. The Morgan fingerprint density at radius 2 is 2.00 bits per heavy atom. The van der Waals surface area contributed by atoms with E-state index in [-0.39, 0.29) is 16.7 Å². The summed E-state index contributed by atoms with van der Waals surface area (Å²) in [6.07, 6.45) is 0. The maximum Gasteiger partial charge on any atom is 0.209 e. The smallest absolute Gasteiger partial charge is 0.209 e. The number of para-hydroxylation sites is 1. The highest BCUT2D eigenvalue weighted by atomic mass is 32.2. The molecule has 2 rings (SSSR count). The minimum Gasteiger partial charge on any atom is -0.493 e. The molecule has 0 amide bonds. The first-order valence-corrected chi connectivity index (χ1v) is 7.94. The second-order valence-electron chi connectivity index (χ2n) is 3.74. The second kappa shape index (κ2) is 5.49. The van der Waals surface area contributed by atoms with E-state index in [1.54, 1.807) is 24.4 Å². The molecule has 1 aromatic carbocycles. The highest BCUT2D eigenvalue weighted by Gasteiger charge is 2.18. The van der Waals surface area contributed by atoms with E-state index in [1.165, 1.54) is 0 Å². The predicted octanol–water partition coefficient (Wildman–Crippen LogP) is 2.30. The summed E-state index contributed by atoms with van der Waals surface area (Å²) < 4.78 is 29.3. The summed E-state index contributed by atoms with van der Waals surface area (Å²) in [5.74, 6) is 0.609. The molecular weight excluding hydrogens is 270 g/mol. The van der Waals surface area contributed by atoms with Gasteiger partial charge in [0.15, 0.2) is 0 Å². The lowest BCUT2D eigenvalue weighted by atomic mass is 10.3. The van der Waals surface area contributed by atoms with E-state index in [0.29, 0.717) is 5.75 Å². The molecule has 0 fully saturated rings. The van der Waals surface area contributed by atoms with Crippen LogP contribution in [0.5, 0.6) is 5.75 Å². The van der Waals surface area contributed by atoms with Crippen molar-refractivity contribution in [2.45, 2.75) is 11.3 Å². The summed E-state index contributed by atoms with van der Waals surface area (Å²) in [4.78, 5) is 3.98. The Morgan fingerprint density at radius 1 is 1.28 bits per heavy atom. The van der Waals surface area contributed by atoms with Gasteiger partial charge in [0.2, 0.25) is 14.2 Å². The van der Waals surface area contributed by atoms with E-state index >= 15 is 0 Å². The van der Waals surface area contributed by atoms with Crippen molar-refractivity contribution in [1.82, 2.24) is 4.98 Å². The molecule has 2 aromatic rings. The van der Waals surface area contributed by atoms with Gasteiger partial charge in [-0.25, -0.2) is 13.4 Å². The van der Waals surface area contributed by atoms with Crippen LogP contribution in [0.25, 0.3) is 0 Å². The first kappa shape index (κ1) is 13.0. The largest absolute Gasteiger partial charge is 0.493 e. The highest BCUT2D eigenvalue weighted by molar-refractivity contribution is 7.93. The quantitative estimate of drug-likeness (QED) is 0.845. The van der Waals surface area contributed by atoms with E-state index in [9.17, 15) is 8.42 Å². The van der Waals surface area contributed by atoms with Gasteiger partial charge < -0.3 is 4.74 Å². The minimum atomic E-state index is -3.33. The molecular formula is C12H13NO3S2. The molecule has 0 bridgehead atoms. The molecule has 18 heavy (non-hydrogen) atoms. The molecule has 0 aliphatic heterocycles. The van der Waals surface area contributed by atoms with Crippen LogP contribution >= 0.6 is 11.3 Å². The van der Waals surface area contributed by atoms with E-state index in [1.807, 2.05) is 18.2 Å². The van der Waals surface area contributed by atoms with Gasteiger partial charge in [-0.05, 0) is 19.1 Å². The lowest BCUT2D eigenvalue weighted by Crippen LogP contribution is -2.14. The summed E-state index contributed by atoms with van der Waals surface area (Å²) in [6, 6.07) is 9.14. The number of hydrogen-bond donors (Lipinski definition) is 0. The van der Waals surface area contributed by atoms with Crippen molar-refractivity contribution in [3.05, 3.63) is 41.4 Å². The first-order valence-electron chi connectivity index (χ1n) is 5.41. The Morgan fingerprint density at radius 3 is 2.61 bits per heavy atom. The topological polar surface area (TPSA) is 56.3 Å². The standard InChI is InChI=1S/C12H13NO3S2/c1-10-9-17-12(13-10)18(14,15)8-7-16-11-5-3-2-4-6-11/h2-6,9H,7-8H2,1H3. The average molecular weight is 283 g/mol. The van der Waals surface area contributed by atoms with Crippen molar-refractivity contribution in [2.24, 2.45) is 0 Å². The number of benzene rings is 1. The molecule has 0 saturated heterocycles. The molecule has 0 aliphatic rings. The zero-order valence-electron chi connectivity index (χ0n) is 9.87. The summed E-state index contributed by atoms with van der Waals surface area (Å²) >= 11 is 1.15. The monoisotopic (exact) mass is 283 g/mol.